The summed E-state index contributed by atoms with van der Waals surface area (Å²) in [5.41, 5.74) is 1.91. The van der Waals surface area contributed by atoms with Crippen molar-refractivity contribution in [3.05, 3.63) is 27.8 Å². The van der Waals surface area contributed by atoms with Gasteiger partial charge < -0.3 is 9.64 Å². The topological polar surface area (TPSA) is 12.5 Å². The molecule has 2 aliphatic rings. The normalized spacial score (nSPS) is 23.2. The van der Waals surface area contributed by atoms with E-state index in [1.807, 2.05) is 0 Å². The summed E-state index contributed by atoms with van der Waals surface area (Å²) in [5.74, 6) is 0. The van der Waals surface area contributed by atoms with Crippen LogP contribution < -0.4 is 4.90 Å². The SMILES string of the molecule is Ic1ccc(N2CCC3(CC2)COC3)cc1. The molecule has 2 heterocycles. The molecule has 2 nitrogen and oxygen atoms in total. The Morgan fingerprint density at radius 1 is 1.06 bits per heavy atom. The van der Waals surface area contributed by atoms with Crippen LogP contribution in [-0.2, 0) is 4.74 Å². The van der Waals surface area contributed by atoms with Gasteiger partial charge in [0.15, 0.2) is 0 Å². The number of ether oxygens (including phenoxy) is 1. The average molecular weight is 329 g/mol. The lowest BCUT2D eigenvalue weighted by Crippen LogP contribution is -2.50. The van der Waals surface area contributed by atoms with Gasteiger partial charge in [0.05, 0.1) is 13.2 Å². The Kier molecular flexibility index (Phi) is 2.83. The quantitative estimate of drug-likeness (QED) is 0.735. The fourth-order valence-electron chi connectivity index (χ4n) is 2.57. The molecular formula is C13H16INO. The Balaban J connectivity index is 1.67. The first-order valence-corrected chi connectivity index (χ1v) is 6.94. The summed E-state index contributed by atoms with van der Waals surface area (Å²) in [5, 5.41) is 0. The van der Waals surface area contributed by atoms with E-state index in [0.29, 0.717) is 5.41 Å². The third-order valence-electron chi connectivity index (χ3n) is 3.83. The molecule has 2 aliphatic heterocycles. The smallest absolute Gasteiger partial charge is 0.0546 e. The molecule has 0 saturated carbocycles. The van der Waals surface area contributed by atoms with Gasteiger partial charge in [-0.15, -0.1) is 0 Å². The first-order chi connectivity index (χ1) is 7.77. The van der Waals surface area contributed by atoms with Crippen LogP contribution in [0.4, 0.5) is 5.69 Å². The predicted octanol–water partition coefficient (Wildman–Crippen LogP) is 2.91. The third kappa shape index (κ3) is 1.95. The van der Waals surface area contributed by atoms with Gasteiger partial charge in [-0.25, -0.2) is 0 Å². The Morgan fingerprint density at radius 3 is 2.19 bits per heavy atom. The van der Waals surface area contributed by atoms with E-state index in [-0.39, 0.29) is 0 Å². The van der Waals surface area contributed by atoms with Crippen LogP contribution in [0.5, 0.6) is 0 Å². The number of hydrogen-bond donors (Lipinski definition) is 0. The Bertz CT molecular complexity index is 362. The highest BCUT2D eigenvalue weighted by molar-refractivity contribution is 14.1. The van der Waals surface area contributed by atoms with Gasteiger partial charge in [0, 0.05) is 27.8 Å². The van der Waals surface area contributed by atoms with E-state index in [0.717, 1.165) is 13.2 Å². The zero-order chi connectivity index (χ0) is 11.0. The summed E-state index contributed by atoms with van der Waals surface area (Å²) in [6.07, 6.45) is 2.58. The van der Waals surface area contributed by atoms with Gasteiger partial charge >= 0.3 is 0 Å². The van der Waals surface area contributed by atoms with Crippen molar-refractivity contribution in [3.63, 3.8) is 0 Å². The molecule has 1 aromatic rings. The zero-order valence-corrected chi connectivity index (χ0v) is 11.4. The van der Waals surface area contributed by atoms with Crippen molar-refractivity contribution in [3.8, 4) is 0 Å². The van der Waals surface area contributed by atoms with Gasteiger partial charge in [-0.2, -0.15) is 0 Å². The first-order valence-electron chi connectivity index (χ1n) is 5.86. The fraction of sp³-hybridized carbons (Fsp3) is 0.538. The minimum atomic E-state index is 0.541. The largest absolute Gasteiger partial charge is 0.380 e. The molecule has 1 spiro atoms. The highest BCUT2D eigenvalue weighted by Gasteiger charge is 2.41. The molecular weight excluding hydrogens is 313 g/mol. The van der Waals surface area contributed by atoms with Gasteiger partial charge in [-0.3, -0.25) is 0 Å². The molecule has 0 aromatic heterocycles. The summed E-state index contributed by atoms with van der Waals surface area (Å²) in [6, 6.07) is 8.84. The Labute approximate surface area is 110 Å². The molecule has 0 radical (unpaired) electrons. The van der Waals surface area contributed by atoms with Crippen LogP contribution in [0.3, 0.4) is 0 Å². The standard InChI is InChI=1S/C13H16INO/c14-11-1-3-12(4-2-11)15-7-5-13(6-8-15)9-16-10-13/h1-4H,5-10H2. The molecule has 3 heteroatoms. The molecule has 86 valence electrons. The molecule has 0 atom stereocenters. The molecule has 0 bridgehead atoms. The van der Waals surface area contributed by atoms with Crippen LogP contribution in [-0.4, -0.2) is 26.3 Å². The van der Waals surface area contributed by atoms with Crippen LogP contribution in [0, 0.1) is 8.99 Å². The molecule has 2 fully saturated rings. The minimum absolute atomic E-state index is 0.541. The van der Waals surface area contributed by atoms with Gasteiger partial charge in [-0.1, -0.05) is 0 Å². The number of rotatable bonds is 1. The van der Waals surface area contributed by atoms with E-state index in [4.69, 9.17) is 4.74 Å². The van der Waals surface area contributed by atoms with Crippen LogP contribution in [0.1, 0.15) is 12.8 Å². The van der Waals surface area contributed by atoms with Crippen molar-refractivity contribution in [2.45, 2.75) is 12.8 Å². The van der Waals surface area contributed by atoms with E-state index < -0.39 is 0 Å². The molecule has 1 aromatic carbocycles. The monoisotopic (exact) mass is 329 g/mol. The predicted molar refractivity (Wildman–Crippen MR) is 73.9 cm³/mol. The molecule has 0 aliphatic carbocycles. The number of hydrogen-bond acceptors (Lipinski definition) is 2. The van der Waals surface area contributed by atoms with Crippen molar-refractivity contribution in [2.75, 3.05) is 31.2 Å². The number of halogens is 1. The van der Waals surface area contributed by atoms with Crippen LogP contribution >= 0.6 is 22.6 Å². The highest BCUT2D eigenvalue weighted by Crippen LogP contribution is 2.39. The summed E-state index contributed by atoms with van der Waals surface area (Å²) < 4.78 is 6.66. The van der Waals surface area contributed by atoms with Crippen LogP contribution in [0.25, 0.3) is 0 Å². The van der Waals surface area contributed by atoms with Gasteiger partial charge in [0.1, 0.15) is 0 Å². The fourth-order valence-corrected chi connectivity index (χ4v) is 2.93. The van der Waals surface area contributed by atoms with E-state index in [2.05, 4.69) is 51.8 Å². The van der Waals surface area contributed by atoms with Crippen molar-refractivity contribution >= 4 is 28.3 Å². The highest BCUT2D eigenvalue weighted by atomic mass is 127. The summed E-state index contributed by atoms with van der Waals surface area (Å²) in [6.45, 7) is 4.36. The van der Waals surface area contributed by atoms with Crippen molar-refractivity contribution in [2.24, 2.45) is 5.41 Å². The summed E-state index contributed by atoms with van der Waals surface area (Å²) >= 11 is 2.35. The van der Waals surface area contributed by atoms with Crippen LogP contribution in [0.15, 0.2) is 24.3 Å². The Morgan fingerprint density at radius 2 is 1.69 bits per heavy atom. The number of anilines is 1. The van der Waals surface area contributed by atoms with Gasteiger partial charge in [0.25, 0.3) is 0 Å². The number of benzene rings is 1. The lowest BCUT2D eigenvalue weighted by atomic mass is 9.77. The molecule has 2 saturated heterocycles. The van der Waals surface area contributed by atoms with Crippen LogP contribution in [0.2, 0.25) is 0 Å². The maximum Gasteiger partial charge on any atom is 0.0546 e. The van der Waals surface area contributed by atoms with Crippen molar-refractivity contribution in [1.29, 1.82) is 0 Å². The maximum absolute atomic E-state index is 5.35. The average Bonchev–Trinajstić information content (AvgIpc) is 2.28. The molecule has 0 amide bonds. The van der Waals surface area contributed by atoms with E-state index >= 15 is 0 Å². The molecule has 0 unspecified atom stereocenters. The maximum atomic E-state index is 5.35. The number of piperidine rings is 1. The van der Waals surface area contributed by atoms with Gasteiger partial charge in [-0.05, 0) is 59.7 Å². The van der Waals surface area contributed by atoms with E-state index in [9.17, 15) is 0 Å². The minimum Gasteiger partial charge on any atom is -0.380 e. The lowest BCUT2D eigenvalue weighted by molar-refractivity contribution is -0.124. The second-order valence-electron chi connectivity index (χ2n) is 4.96. The van der Waals surface area contributed by atoms with Gasteiger partial charge in [0.2, 0.25) is 0 Å². The molecule has 0 N–H and O–H groups in total. The second kappa shape index (κ2) is 4.18. The van der Waals surface area contributed by atoms with E-state index in [1.165, 1.54) is 35.2 Å². The first kappa shape index (κ1) is 10.8. The molecule has 16 heavy (non-hydrogen) atoms. The second-order valence-corrected chi connectivity index (χ2v) is 6.20. The summed E-state index contributed by atoms with van der Waals surface area (Å²) in [7, 11) is 0. The third-order valence-corrected chi connectivity index (χ3v) is 4.55. The number of nitrogens with zero attached hydrogens (tertiary/aromatic N) is 1. The van der Waals surface area contributed by atoms with Crippen molar-refractivity contribution < 1.29 is 4.74 Å². The van der Waals surface area contributed by atoms with Crippen molar-refractivity contribution in [1.82, 2.24) is 0 Å². The van der Waals surface area contributed by atoms with E-state index in [1.54, 1.807) is 0 Å². The Hall–Kier alpha value is -0.290. The lowest BCUT2D eigenvalue weighted by Gasteiger charge is -2.47. The summed E-state index contributed by atoms with van der Waals surface area (Å²) in [4.78, 5) is 2.50. The molecule has 3 rings (SSSR count). The zero-order valence-electron chi connectivity index (χ0n) is 9.29.